The van der Waals surface area contributed by atoms with Crippen LogP contribution in [0.3, 0.4) is 0 Å². The number of rotatable bonds is 3. The summed E-state index contributed by atoms with van der Waals surface area (Å²) in [7, 11) is 1.99. The predicted molar refractivity (Wildman–Crippen MR) is 58.9 cm³/mol. The Balaban J connectivity index is 4.50. The van der Waals surface area contributed by atoms with E-state index in [2.05, 4.69) is 25.8 Å². The molecule has 2 N–H and O–H groups in total. The summed E-state index contributed by atoms with van der Waals surface area (Å²) < 4.78 is 0. The number of hydrogen-bond acceptors (Lipinski definition) is 1. The number of nitrogens with two attached hydrogens (primary N) is 1. The van der Waals surface area contributed by atoms with E-state index >= 15 is 0 Å². The molecular weight excluding hydrogens is 162 g/mol. The van der Waals surface area contributed by atoms with Gasteiger partial charge < -0.3 is 10.6 Å². The molecule has 0 fully saturated rings. The van der Waals surface area contributed by atoms with Gasteiger partial charge in [0.2, 0.25) is 0 Å². The van der Waals surface area contributed by atoms with Crippen molar-refractivity contribution in [2.75, 3.05) is 7.05 Å². The molecule has 0 atom stereocenters. The first kappa shape index (κ1) is 12.3. The van der Waals surface area contributed by atoms with Crippen LogP contribution in [0.4, 0.5) is 0 Å². The van der Waals surface area contributed by atoms with E-state index in [4.69, 9.17) is 5.73 Å². The number of nitrogens with zero attached hydrogens (tertiary/aromatic N) is 2. The normalized spacial score (nSPS) is 13.6. The maximum absolute atomic E-state index is 5.86. The lowest BCUT2D eigenvalue weighted by molar-refractivity contribution is 0.242. The lowest BCUT2D eigenvalue weighted by Gasteiger charge is -2.35. The molecule has 0 rings (SSSR count). The van der Waals surface area contributed by atoms with E-state index < -0.39 is 0 Å². The summed E-state index contributed by atoms with van der Waals surface area (Å²) in [6.07, 6.45) is 1.05. The number of aliphatic imine (C=N–C) groups is 1. The van der Waals surface area contributed by atoms with Gasteiger partial charge in [-0.2, -0.15) is 0 Å². The van der Waals surface area contributed by atoms with Crippen LogP contribution < -0.4 is 5.73 Å². The lowest BCUT2D eigenvalue weighted by Crippen LogP contribution is -2.48. The average molecular weight is 185 g/mol. The Bertz CT molecular complexity index is 183. The van der Waals surface area contributed by atoms with Crippen LogP contribution in [0.25, 0.3) is 0 Å². The molecule has 0 aromatic rings. The van der Waals surface area contributed by atoms with Crippen molar-refractivity contribution in [3.8, 4) is 0 Å². The molecule has 0 aliphatic rings. The maximum Gasteiger partial charge on any atom is 0.191 e. The van der Waals surface area contributed by atoms with Crippen LogP contribution in [-0.4, -0.2) is 29.5 Å². The second kappa shape index (κ2) is 4.49. The highest BCUT2D eigenvalue weighted by Crippen LogP contribution is 2.15. The Labute approximate surface area is 82.0 Å². The minimum atomic E-state index is 0.0858. The van der Waals surface area contributed by atoms with Gasteiger partial charge in [-0.25, -0.2) is 0 Å². The van der Waals surface area contributed by atoms with Gasteiger partial charge in [0, 0.05) is 18.6 Å². The minimum Gasteiger partial charge on any atom is -0.370 e. The Morgan fingerprint density at radius 3 is 2.23 bits per heavy atom. The SMILES string of the molecule is CCC(C)(C)N(C)C(N)=NC(C)C. The molecule has 0 saturated carbocycles. The van der Waals surface area contributed by atoms with Crippen molar-refractivity contribution >= 4 is 5.96 Å². The largest absolute Gasteiger partial charge is 0.370 e. The summed E-state index contributed by atoms with van der Waals surface area (Å²) in [4.78, 5) is 6.35. The third-order valence-electron chi connectivity index (χ3n) is 2.51. The second-order valence-corrected chi connectivity index (χ2v) is 4.31. The monoisotopic (exact) mass is 185 g/mol. The van der Waals surface area contributed by atoms with Crippen LogP contribution in [0.15, 0.2) is 4.99 Å². The first-order chi connectivity index (χ1) is 5.81. The first-order valence-electron chi connectivity index (χ1n) is 4.88. The fourth-order valence-electron chi connectivity index (χ4n) is 0.898. The summed E-state index contributed by atoms with van der Waals surface area (Å²) in [5.74, 6) is 0.627. The number of hydrogen-bond donors (Lipinski definition) is 1. The molecule has 0 heterocycles. The molecule has 0 aliphatic heterocycles. The zero-order chi connectivity index (χ0) is 10.6. The molecular formula is C10H23N3. The van der Waals surface area contributed by atoms with E-state index in [1.807, 2.05) is 25.8 Å². The van der Waals surface area contributed by atoms with E-state index in [0.717, 1.165) is 6.42 Å². The molecule has 0 aromatic carbocycles. The van der Waals surface area contributed by atoms with Crippen LogP contribution in [-0.2, 0) is 0 Å². The third-order valence-corrected chi connectivity index (χ3v) is 2.51. The molecule has 3 heteroatoms. The fraction of sp³-hybridized carbons (Fsp3) is 0.900. The summed E-state index contributed by atoms with van der Waals surface area (Å²) in [5, 5.41) is 0. The van der Waals surface area contributed by atoms with Crippen LogP contribution >= 0.6 is 0 Å². The van der Waals surface area contributed by atoms with E-state index in [1.54, 1.807) is 0 Å². The molecule has 0 unspecified atom stereocenters. The highest BCUT2D eigenvalue weighted by molar-refractivity contribution is 5.78. The zero-order valence-electron chi connectivity index (χ0n) is 9.76. The molecule has 78 valence electrons. The molecule has 0 aromatic heterocycles. The van der Waals surface area contributed by atoms with E-state index in [1.165, 1.54) is 0 Å². The van der Waals surface area contributed by atoms with E-state index in [0.29, 0.717) is 5.96 Å². The van der Waals surface area contributed by atoms with Gasteiger partial charge in [-0.05, 0) is 34.1 Å². The Kier molecular flexibility index (Phi) is 4.24. The molecule has 0 radical (unpaired) electrons. The molecule has 0 bridgehead atoms. The van der Waals surface area contributed by atoms with Crippen molar-refractivity contribution in [2.45, 2.75) is 52.6 Å². The molecule has 0 amide bonds. The van der Waals surface area contributed by atoms with Crippen LogP contribution in [0, 0.1) is 0 Å². The van der Waals surface area contributed by atoms with Crippen LogP contribution in [0.5, 0.6) is 0 Å². The Morgan fingerprint density at radius 1 is 1.46 bits per heavy atom. The Hall–Kier alpha value is -0.730. The lowest BCUT2D eigenvalue weighted by atomic mass is 10.0. The zero-order valence-corrected chi connectivity index (χ0v) is 9.76. The van der Waals surface area contributed by atoms with Gasteiger partial charge in [-0.15, -0.1) is 0 Å². The van der Waals surface area contributed by atoms with Crippen molar-refractivity contribution in [3.05, 3.63) is 0 Å². The highest BCUT2D eigenvalue weighted by atomic mass is 15.3. The quantitative estimate of drug-likeness (QED) is 0.538. The summed E-state index contributed by atoms with van der Waals surface area (Å²) in [6.45, 7) is 10.5. The second-order valence-electron chi connectivity index (χ2n) is 4.31. The van der Waals surface area contributed by atoms with Crippen molar-refractivity contribution in [1.82, 2.24) is 4.90 Å². The van der Waals surface area contributed by atoms with Gasteiger partial charge in [0.1, 0.15) is 0 Å². The molecule has 0 saturated heterocycles. The Morgan fingerprint density at radius 2 is 1.92 bits per heavy atom. The number of guanidine groups is 1. The van der Waals surface area contributed by atoms with Crippen molar-refractivity contribution in [3.63, 3.8) is 0 Å². The van der Waals surface area contributed by atoms with Crippen molar-refractivity contribution in [2.24, 2.45) is 10.7 Å². The summed E-state index contributed by atoms with van der Waals surface area (Å²) in [5.41, 5.74) is 5.94. The summed E-state index contributed by atoms with van der Waals surface area (Å²) in [6, 6.07) is 0.259. The highest BCUT2D eigenvalue weighted by Gasteiger charge is 2.22. The van der Waals surface area contributed by atoms with Crippen molar-refractivity contribution < 1.29 is 0 Å². The standard InChI is InChI=1S/C10H23N3/c1-7-10(4,5)13(6)9(11)12-8(2)3/h8H,7H2,1-6H3,(H2,11,12). The van der Waals surface area contributed by atoms with Crippen LogP contribution in [0.2, 0.25) is 0 Å². The van der Waals surface area contributed by atoms with E-state index in [9.17, 15) is 0 Å². The van der Waals surface area contributed by atoms with Gasteiger partial charge >= 0.3 is 0 Å². The predicted octanol–water partition coefficient (Wildman–Crippen LogP) is 1.83. The fourth-order valence-corrected chi connectivity index (χ4v) is 0.898. The van der Waals surface area contributed by atoms with E-state index in [-0.39, 0.29) is 11.6 Å². The first-order valence-corrected chi connectivity index (χ1v) is 4.88. The molecule has 3 nitrogen and oxygen atoms in total. The summed E-state index contributed by atoms with van der Waals surface area (Å²) >= 11 is 0. The molecule has 0 spiro atoms. The molecule has 13 heavy (non-hydrogen) atoms. The topological polar surface area (TPSA) is 41.6 Å². The van der Waals surface area contributed by atoms with Crippen LogP contribution in [0.1, 0.15) is 41.0 Å². The van der Waals surface area contributed by atoms with Gasteiger partial charge in [-0.1, -0.05) is 6.92 Å². The smallest absolute Gasteiger partial charge is 0.191 e. The third kappa shape index (κ3) is 3.66. The van der Waals surface area contributed by atoms with Gasteiger partial charge in [0.05, 0.1) is 0 Å². The van der Waals surface area contributed by atoms with Gasteiger partial charge in [0.25, 0.3) is 0 Å². The van der Waals surface area contributed by atoms with Gasteiger partial charge in [0.15, 0.2) is 5.96 Å². The maximum atomic E-state index is 5.86. The molecule has 0 aliphatic carbocycles. The minimum absolute atomic E-state index is 0.0858. The average Bonchev–Trinajstić information content (AvgIpc) is 2.01. The van der Waals surface area contributed by atoms with Gasteiger partial charge in [-0.3, -0.25) is 4.99 Å². The van der Waals surface area contributed by atoms with Crippen molar-refractivity contribution in [1.29, 1.82) is 0 Å².